The molecule has 5 nitrogen and oxygen atoms in total. The van der Waals surface area contributed by atoms with Gasteiger partial charge in [0.05, 0.1) is 6.10 Å². The first-order chi connectivity index (χ1) is 8.24. The Morgan fingerprint density at radius 1 is 1.56 bits per heavy atom. The van der Waals surface area contributed by atoms with E-state index in [1.54, 1.807) is 0 Å². The summed E-state index contributed by atoms with van der Waals surface area (Å²) >= 11 is 3.01. The molecule has 0 aromatic heterocycles. The van der Waals surface area contributed by atoms with E-state index >= 15 is 0 Å². The molecular formula is C10H14BrFN2O3S. The van der Waals surface area contributed by atoms with Gasteiger partial charge in [-0.3, -0.25) is 0 Å². The molecule has 0 radical (unpaired) electrons. The summed E-state index contributed by atoms with van der Waals surface area (Å²) in [6.07, 6.45) is -0.389. The van der Waals surface area contributed by atoms with Gasteiger partial charge in [0, 0.05) is 16.7 Å². The lowest BCUT2D eigenvalue weighted by atomic mass is 10.3. The summed E-state index contributed by atoms with van der Waals surface area (Å²) in [6.45, 7) is 1.56. The van der Waals surface area contributed by atoms with E-state index in [9.17, 15) is 12.8 Å². The summed E-state index contributed by atoms with van der Waals surface area (Å²) in [6, 6.07) is 2.04. The van der Waals surface area contributed by atoms with E-state index < -0.39 is 26.8 Å². The molecule has 0 heterocycles. The highest BCUT2D eigenvalue weighted by molar-refractivity contribution is 9.10. The average Bonchev–Trinajstić information content (AvgIpc) is 2.22. The maximum absolute atomic E-state index is 13.6. The van der Waals surface area contributed by atoms with Crippen LogP contribution in [0.2, 0.25) is 0 Å². The zero-order chi connectivity index (χ0) is 13.9. The molecule has 4 N–H and O–H groups in total. The third-order valence-corrected chi connectivity index (χ3v) is 4.36. The zero-order valence-electron chi connectivity index (χ0n) is 9.65. The first-order valence-electron chi connectivity index (χ1n) is 5.16. The van der Waals surface area contributed by atoms with E-state index in [0.29, 0.717) is 4.47 Å². The van der Waals surface area contributed by atoms with Gasteiger partial charge in [-0.15, -0.1) is 0 Å². The van der Waals surface area contributed by atoms with Gasteiger partial charge in [0.15, 0.2) is 0 Å². The second-order valence-electron chi connectivity index (χ2n) is 3.84. The van der Waals surface area contributed by atoms with Crippen LogP contribution in [0.3, 0.4) is 0 Å². The molecule has 18 heavy (non-hydrogen) atoms. The molecular weight excluding hydrogens is 327 g/mol. The number of aliphatic hydroxyl groups is 1. The Kier molecular flexibility index (Phi) is 5.09. The maximum Gasteiger partial charge on any atom is 0.243 e. The van der Waals surface area contributed by atoms with Gasteiger partial charge in [0.25, 0.3) is 0 Å². The summed E-state index contributed by atoms with van der Waals surface area (Å²) in [7, 11) is -3.96. The van der Waals surface area contributed by atoms with Gasteiger partial charge in [-0.05, 0) is 41.4 Å². The van der Waals surface area contributed by atoms with Gasteiger partial charge in [-0.1, -0.05) is 0 Å². The third-order valence-electron chi connectivity index (χ3n) is 2.19. The lowest BCUT2D eigenvalue weighted by Gasteiger charge is -2.10. The molecule has 8 heteroatoms. The average molecular weight is 341 g/mol. The van der Waals surface area contributed by atoms with Crippen molar-refractivity contribution >= 4 is 31.6 Å². The number of nitrogens with one attached hydrogen (secondary N) is 1. The number of sulfonamides is 1. The van der Waals surface area contributed by atoms with Crippen LogP contribution in [0.4, 0.5) is 10.1 Å². The van der Waals surface area contributed by atoms with Crippen molar-refractivity contribution in [1.82, 2.24) is 4.72 Å². The number of halogens is 2. The smallest absolute Gasteiger partial charge is 0.243 e. The van der Waals surface area contributed by atoms with E-state index in [2.05, 4.69) is 20.7 Å². The Hall–Kier alpha value is -0.700. The molecule has 0 aliphatic carbocycles. The van der Waals surface area contributed by atoms with Crippen LogP contribution in [-0.4, -0.2) is 26.2 Å². The SMILES string of the molecule is CC(O)CCNS(=O)(=O)c1cc(N)c(Br)cc1F. The number of benzene rings is 1. The van der Waals surface area contributed by atoms with Crippen LogP contribution in [0.25, 0.3) is 0 Å². The second-order valence-corrected chi connectivity index (χ2v) is 6.43. The normalized spacial score (nSPS) is 13.6. The van der Waals surface area contributed by atoms with E-state index in [4.69, 9.17) is 10.8 Å². The van der Waals surface area contributed by atoms with Crippen molar-refractivity contribution in [3.05, 3.63) is 22.4 Å². The minimum Gasteiger partial charge on any atom is -0.398 e. The number of rotatable bonds is 5. The number of hydrogen-bond donors (Lipinski definition) is 3. The number of hydrogen-bond acceptors (Lipinski definition) is 4. The van der Waals surface area contributed by atoms with E-state index in [1.165, 1.54) is 6.92 Å². The van der Waals surface area contributed by atoms with Crippen LogP contribution < -0.4 is 10.5 Å². The zero-order valence-corrected chi connectivity index (χ0v) is 12.1. The molecule has 1 atom stereocenters. The van der Waals surface area contributed by atoms with Gasteiger partial charge in [0.1, 0.15) is 10.7 Å². The van der Waals surface area contributed by atoms with E-state index in [-0.39, 0.29) is 18.7 Å². The highest BCUT2D eigenvalue weighted by Gasteiger charge is 2.20. The van der Waals surface area contributed by atoms with E-state index in [0.717, 1.165) is 12.1 Å². The minimum atomic E-state index is -3.96. The lowest BCUT2D eigenvalue weighted by molar-refractivity contribution is 0.186. The Morgan fingerprint density at radius 2 is 2.17 bits per heavy atom. The van der Waals surface area contributed by atoms with Crippen molar-refractivity contribution in [3.8, 4) is 0 Å². The summed E-state index contributed by atoms with van der Waals surface area (Å²) in [5.41, 5.74) is 5.65. The van der Waals surface area contributed by atoms with Crippen molar-refractivity contribution in [2.24, 2.45) is 0 Å². The predicted octanol–water partition coefficient (Wildman–Crippen LogP) is 1.22. The third kappa shape index (κ3) is 3.91. The minimum absolute atomic E-state index is 0.0232. The van der Waals surface area contributed by atoms with Crippen LogP contribution >= 0.6 is 15.9 Å². The van der Waals surface area contributed by atoms with Crippen LogP contribution in [0.15, 0.2) is 21.5 Å². The van der Waals surface area contributed by atoms with Gasteiger partial charge >= 0.3 is 0 Å². The highest BCUT2D eigenvalue weighted by atomic mass is 79.9. The Balaban J connectivity index is 2.95. The molecule has 1 aromatic rings. The Bertz CT molecular complexity index is 534. The highest BCUT2D eigenvalue weighted by Crippen LogP contribution is 2.25. The van der Waals surface area contributed by atoms with Gasteiger partial charge in [0.2, 0.25) is 10.0 Å². The molecule has 0 spiro atoms. The second kappa shape index (κ2) is 5.96. The Labute approximate surface area is 113 Å². The molecule has 102 valence electrons. The summed E-state index contributed by atoms with van der Waals surface area (Å²) < 4.78 is 39.6. The summed E-state index contributed by atoms with van der Waals surface area (Å²) in [5, 5.41) is 9.02. The monoisotopic (exact) mass is 340 g/mol. The van der Waals surface area contributed by atoms with Crippen molar-refractivity contribution in [2.45, 2.75) is 24.3 Å². The fourth-order valence-corrected chi connectivity index (χ4v) is 2.69. The van der Waals surface area contributed by atoms with Crippen LogP contribution in [0.1, 0.15) is 13.3 Å². The van der Waals surface area contributed by atoms with Gasteiger partial charge < -0.3 is 10.8 Å². The number of nitrogens with two attached hydrogens (primary N) is 1. The van der Waals surface area contributed by atoms with Crippen LogP contribution in [-0.2, 0) is 10.0 Å². The summed E-state index contributed by atoms with van der Waals surface area (Å²) in [5.74, 6) is -0.888. The molecule has 1 aromatic carbocycles. The molecule has 0 amide bonds. The Morgan fingerprint density at radius 3 is 2.72 bits per heavy atom. The molecule has 1 unspecified atom stereocenters. The van der Waals surface area contributed by atoms with Crippen LogP contribution in [0, 0.1) is 5.82 Å². The fraction of sp³-hybridized carbons (Fsp3) is 0.400. The number of nitrogen functional groups attached to an aromatic ring is 1. The summed E-state index contributed by atoms with van der Waals surface area (Å²) in [4.78, 5) is -0.506. The first kappa shape index (κ1) is 15.4. The first-order valence-corrected chi connectivity index (χ1v) is 7.44. The fourth-order valence-electron chi connectivity index (χ4n) is 1.23. The topological polar surface area (TPSA) is 92.4 Å². The van der Waals surface area contributed by atoms with Crippen molar-refractivity contribution in [3.63, 3.8) is 0 Å². The van der Waals surface area contributed by atoms with Crippen molar-refractivity contribution in [1.29, 1.82) is 0 Å². The lowest BCUT2D eigenvalue weighted by Crippen LogP contribution is -2.27. The number of aliphatic hydroxyl groups excluding tert-OH is 1. The molecule has 0 aliphatic heterocycles. The molecule has 0 saturated heterocycles. The molecule has 1 rings (SSSR count). The standard InChI is InChI=1S/C10H14BrFN2O3S/c1-6(15)2-3-14-18(16,17)10-5-9(13)7(11)4-8(10)12/h4-6,14-15H,2-3,13H2,1H3. The van der Waals surface area contributed by atoms with Gasteiger partial charge in [-0.25, -0.2) is 17.5 Å². The predicted molar refractivity (Wildman–Crippen MR) is 70.0 cm³/mol. The van der Waals surface area contributed by atoms with Gasteiger partial charge in [-0.2, -0.15) is 0 Å². The van der Waals surface area contributed by atoms with Crippen molar-refractivity contribution < 1.29 is 17.9 Å². The molecule has 0 saturated carbocycles. The van der Waals surface area contributed by atoms with E-state index in [1.807, 2.05) is 0 Å². The molecule has 0 aliphatic rings. The molecule has 0 bridgehead atoms. The largest absolute Gasteiger partial charge is 0.398 e. The van der Waals surface area contributed by atoms with Crippen LogP contribution in [0.5, 0.6) is 0 Å². The quantitative estimate of drug-likeness (QED) is 0.702. The maximum atomic E-state index is 13.6. The molecule has 0 fully saturated rings. The van der Waals surface area contributed by atoms with Crippen molar-refractivity contribution in [2.75, 3.05) is 12.3 Å². The number of anilines is 1.